The van der Waals surface area contributed by atoms with Crippen LogP contribution in [0.25, 0.3) is 11.0 Å². The van der Waals surface area contributed by atoms with Gasteiger partial charge in [0.1, 0.15) is 11.3 Å². The number of furan rings is 1. The molecule has 0 radical (unpaired) electrons. The molecule has 0 unspecified atom stereocenters. The highest BCUT2D eigenvalue weighted by atomic mass is 16.3. The Bertz CT molecular complexity index is 851. The van der Waals surface area contributed by atoms with Crippen molar-refractivity contribution in [3.63, 3.8) is 0 Å². The normalized spacial score (nSPS) is 14.6. The van der Waals surface area contributed by atoms with Crippen molar-refractivity contribution in [2.24, 2.45) is 0 Å². The molecule has 2 aromatic heterocycles. The Labute approximate surface area is 145 Å². The summed E-state index contributed by atoms with van der Waals surface area (Å²) >= 11 is 0. The zero-order valence-electron chi connectivity index (χ0n) is 13.9. The summed E-state index contributed by atoms with van der Waals surface area (Å²) in [5.74, 6) is 0.551. The van der Waals surface area contributed by atoms with E-state index in [-0.39, 0.29) is 12.3 Å². The number of nitrogens with one attached hydrogen (secondary N) is 2. The summed E-state index contributed by atoms with van der Waals surface area (Å²) in [6, 6.07) is 11.6. The molecule has 0 spiro atoms. The van der Waals surface area contributed by atoms with E-state index >= 15 is 0 Å². The number of amides is 1. The van der Waals surface area contributed by atoms with E-state index in [0.717, 1.165) is 48.5 Å². The Balaban J connectivity index is 1.49. The maximum absolute atomic E-state index is 12.5. The molecule has 1 aliphatic heterocycles. The van der Waals surface area contributed by atoms with Gasteiger partial charge in [0.15, 0.2) is 0 Å². The molecule has 1 saturated heterocycles. The van der Waals surface area contributed by atoms with Crippen molar-refractivity contribution < 1.29 is 9.21 Å². The number of hydrogen-bond donors (Lipinski definition) is 2. The van der Waals surface area contributed by atoms with Crippen LogP contribution in [0.3, 0.4) is 0 Å². The SMILES string of the molecule is O=C(Cc1cc2ccccc2o1)Nc1cnccc1N1CCNCC1. The first-order valence-electron chi connectivity index (χ1n) is 8.46. The van der Waals surface area contributed by atoms with Gasteiger partial charge in [0, 0.05) is 37.8 Å². The average Bonchev–Trinajstić information content (AvgIpc) is 3.05. The number of piperazine rings is 1. The van der Waals surface area contributed by atoms with Crippen molar-refractivity contribution in [3.8, 4) is 0 Å². The van der Waals surface area contributed by atoms with Gasteiger partial charge in [-0.2, -0.15) is 0 Å². The molecule has 6 heteroatoms. The van der Waals surface area contributed by atoms with Crippen LogP contribution in [0.5, 0.6) is 0 Å². The van der Waals surface area contributed by atoms with Gasteiger partial charge in [-0.1, -0.05) is 18.2 Å². The summed E-state index contributed by atoms with van der Waals surface area (Å²) in [4.78, 5) is 18.9. The predicted molar refractivity (Wildman–Crippen MR) is 97.9 cm³/mol. The summed E-state index contributed by atoms with van der Waals surface area (Å²) in [6.45, 7) is 3.70. The lowest BCUT2D eigenvalue weighted by atomic mass is 10.2. The summed E-state index contributed by atoms with van der Waals surface area (Å²) < 4.78 is 5.73. The summed E-state index contributed by atoms with van der Waals surface area (Å²) in [5.41, 5.74) is 2.55. The minimum Gasteiger partial charge on any atom is -0.461 e. The molecule has 6 nitrogen and oxygen atoms in total. The Hall–Kier alpha value is -2.86. The van der Waals surface area contributed by atoms with Crippen molar-refractivity contribution >= 4 is 28.3 Å². The zero-order chi connectivity index (χ0) is 17.1. The molecule has 1 fully saturated rings. The molecule has 128 valence electrons. The van der Waals surface area contributed by atoms with Crippen LogP contribution in [0.1, 0.15) is 5.76 Å². The Morgan fingerprint density at radius 3 is 2.92 bits per heavy atom. The molecule has 0 saturated carbocycles. The lowest BCUT2D eigenvalue weighted by Crippen LogP contribution is -2.43. The van der Waals surface area contributed by atoms with Gasteiger partial charge in [0.25, 0.3) is 0 Å². The number of benzene rings is 1. The highest BCUT2D eigenvalue weighted by molar-refractivity contribution is 5.95. The average molecular weight is 336 g/mol. The topological polar surface area (TPSA) is 70.4 Å². The van der Waals surface area contributed by atoms with Crippen LogP contribution < -0.4 is 15.5 Å². The number of anilines is 2. The van der Waals surface area contributed by atoms with Crippen LogP contribution in [0.15, 0.2) is 53.2 Å². The Morgan fingerprint density at radius 1 is 1.24 bits per heavy atom. The van der Waals surface area contributed by atoms with Gasteiger partial charge in [-0.3, -0.25) is 9.78 Å². The van der Waals surface area contributed by atoms with E-state index in [1.54, 1.807) is 12.4 Å². The highest BCUT2D eigenvalue weighted by Gasteiger charge is 2.16. The van der Waals surface area contributed by atoms with Gasteiger partial charge in [-0.15, -0.1) is 0 Å². The largest absolute Gasteiger partial charge is 0.461 e. The molecule has 3 aromatic rings. The van der Waals surface area contributed by atoms with E-state index < -0.39 is 0 Å². The minimum absolute atomic E-state index is 0.108. The third-order valence-electron chi connectivity index (χ3n) is 4.34. The maximum Gasteiger partial charge on any atom is 0.232 e. The molecular formula is C19H20N4O2. The number of pyridine rings is 1. The molecule has 1 aromatic carbocycles. The first-order chi connectivity index (χ1) is 12.3. The smallest absolute Gasteiger partial charge is 0.232 e. The van der Waals surface area contributed by atoms with Crippen LogP contribution in [-0.2, 0) is 11.2 Å². The van der Waals surface area contributed by atoms with E-state index in [2.05, 4.69) is 20.5 Å². The van der Waals surface area contributed by atoms with Crippen molar-refractivity contribution in [1.82, 2.24) is 10.3 Å². The van der Waals surface area contributed by atoms with E-state index in [9.17, 15) is 4.79 Å². The van der Waals surface area contributed by atoms with Crippen molar-refractivity contribution in [1.29, 1.82) is 0 Å². The molecule has 0 aliphatic carbocycles. The number of aromatic nitrogens is 1. The standard InChI is InChI=1S/C19H20N4O2/c24-19(12-15-11-14-3-1-2-4-18(14)25-15)22-16-13-21-6-5-17(16)23-9-7-20-8-10-23/h1-6,11,13,20H,7-10,12H2,(H,22,24). The second-order valence-corrected chi connectivity index (χ2v) is 6.11. The monoisotopic (exact) mass is 336 g/mol. The highest BCUT2D eigenvalue weighted by Crippen LogP contribution is 2.25. The van der Waals surface area contributed by atoms with Gasteiger partial charge in [0.2, 0.25) is 5.91 Å². The number of nitrogens with zero attached hydrogens (tertiary/aromatic N) is 2. The second kappa shape index (κ2) is 6.94. The fourth-order valence-electron chi connectivity index (χ4n) is 3.14. The van der Waals surface area contributed by atoms with Crippen LogP contribution in [0.4, 0.5) is 11.4 Å². The number of carbonyl (C=O) groups excluding carboxylic acids is 1. The van der Waals surface area contributed by atoms with Crippen molar-refractivity contribution in [2.45, 2.75) is 6.42 Å². The number of hydrogen-bond acceptors (Lipinski definition) is 5. The molecule has 0 bridgehead atoms. The third kappa shape index (κ3) is 3.49. The second-order valence-electron chi connectivity index (χ2n) is 6.11. The predicted octanol–water partition coefficient (Wildman–Crippen LogP) is 2.42. The summed E-state index contributed by atoms with van der Waals surface area (Å²) in [6.07, 6.45) is 3.66. The molecule has 1 amide bonds. The number of fused-ring (bicyclic) bond motifs is 1. The van der Waals surface area contributed by atoms with Gasteiger partial charge >= 0.3 is 0 Å². The fraction of sp³-hybridized carbons (Fsp3) is 0.263. The first-order valence-corrected chi connectivity index (χ1v) is 8.46. The van der Waals surface area contributed by atoms with Crippen LogP contribution in [-0.4, -0.2) is 37.1 Å². The van der Waals surface area contributed by atoms with Crippen molar-refractivity contribution in [2.75, 3.05) is 36.4 Å². The van der Waals surface area contributed by atoms with Crippen LogP contribution >= 0.6 is 0 Å². The summed E-state index contributed by atoms with van der Waals surface area (Å²) in [7, 11) is 0. The third-order valence-corrected chi connectivity index (χ3v) is 4.34. The summed E-state index contributed by atoms with van der Waals surface area (Å²) in [5, 5.41) is 7.32. The Kier molecular flexibility index (Phi) is 4.35. The van der Waals surface area contributed by atoms with Crippen molar-refractivity contribution in [3.05, 3.63) is 54.6 Å². The zero-order valence-corrected chi connectivity index (χ0v) is 13.9. The molecule has 25 heavy (non-hydrogen) atoms. The lowest BCUT2D eigenvalue weighted by Gasteiger charge is -2.30. The van der Waals surface area contributed by atoms with Gasteiger partial charge in [-0.25, -0.2) is 0 Å². The fourth-order valence-corrected chi connectivity index (χ4v) is 3.14. The molecule has 3 heterocycles. The molecule has 0 atom stereocenters. The van der Waals surface area contributed by atoms with Gasteiger partial charge < -0.3 is 20.0 Å². The number of rotatable bonds is 4. The van der Waals surface area contributed by atoms with Crippen LogP contribution in [0.2, 0.25) is 0 Å². The lowest BCUT2D eigenvalue weighted by molar-refractivity contribution is -0.115. The van der Waals surface area contributed by atoms with E-state index in [4.69, 9.17) is 4.42 Å². The van der Waals surface area contributed by atoms with Gasteiger partial charge in [-0.05, 0) is 18.2 Å². The molecule has 1 aliphatic rings. The Morgan fingerprint density at radius 2 is 2.08 bits per heavy atom. The van der Waals surface area contributed by atoms with E-state index in [1.807, 2.05) is 36.4 Å². The quantitative estimate of drug-likeness (QED) is 0.766. The van der Waals surface area contributed by atoms with E-state index in [1.165, 1.54) is 0 Å². The molecule has 2 N–H and O–H groups in total. The maximum atomic E-state index is 12.5. The number of para-hydroxylation sites is 1. The number of carbonyl (C=O) groups is 1. The molecule has 4 rings (SSSR count). The first kappa shape index (κ1) is 15.7. The van der Waals surface area contributed by atoms with Gasteiger partial charge in [0.05, 0.1) is 24.0 Å². The van der Waals surface area contributed by atoms with Crippen LogP contribution in [0, 0.1) is 0 Å². The van der Waals surface area contributed by atoms with E-state index in [0.29, 0.717) is 5.76 Å². The minimum atomic E-state index is -0.108. The molecular weight excluding hydrogens is 316 g/mol.